The SMILES string of the molecule is NC(=CC(=NCc1ccccc1F)c1ccc(F)cc1)c1ccccn1. The van der Waals surface area contributed by atoms with Crippen LogP contribution in [0, 0.1) is 11.6 Å². The molecule has 2 N–H and O–H groups in total. The molecule has 0 bridgehead atoms. The highest BCUT2D eigenvalue weighted by Crippen LogP contribution is 2.13. The third-order valence-electron chi connectivity index (χ3n) is 3.77. The zero-order valence-corrected chi connectivity index (χ0v) is 13.9. The molecule has 3 nitrogen and oxygen atoms in total. The largest absolute Gasteiger partial charge is 0.397 e. The lowest BCUT2D eigenvalue weighted by atomic mass is 10.1. The highest BCUT2D eigenvalue weighted by molar-refractivity contribution is 6.11. The van der Waals surface area contributed by atoms with Gasteiger partial charge in [-0.15, -0.1) is 0 Å². The second kappa shape index (κ2) is 8.16. The van der Waals surface area contributed by atoms with E-state index in [4.69, 9.17) is 5.73 Å². The maximum atomic E-state index is 13.9. The highest BCUT2D eigenvalue weighted by Gasteiger charge is 2.06. The second-order valence-corrected chi connectivity index (χ2v) is 5.61. The Bertz CT molecular complexity index is 933. The molecule has 130 valence electrons. The first-order valence-electron chi connectivity index (χ1n) is 8.06. The first-order chi connectivity index (χ1) is 12.6. The fourth-order valence-corrected chi connectivity index (χ4v) is 2.39. The van der Waals surface area contributed by atoms with Crippen molar-refractivity contribution >= 4 is 11.4 Å². The summed E-state index contributed by atoms with van der Waals surface area (Å²) in [5.41, 5.74) is 8.83. The molecule has 0 atom stereocenters. The molecule has 0 spiro atoms. The predicted molar refractivity (Wildman–Crippen MR) is 99.4 cm³/mol. The molecule has 0 aliphatic rings. The van der Waals surface area contributed by atoms with Crippen LogP contribution in [-0.2, 0) is 6.54 Å². The zero-order chi connectivity index (χ0) is 18.4. The van der Waals surface area contributed by atoms with Gasteiger partial charge in [0.25, 0.3) is 0 Å². The van der Waals surface area contributed by atoms with Gasteiger partial charge in [0.05, 0.1) is 23.6 Å². The van der Waals surface area contributed by atoms with E-state index in [1.165, 1.54) is 18.2 Å². The summed E-state index contributed by atoms with van der Waals surface area (Å²) in [6, 6.07) is 17.8. The fourth-order valence-electron chi connectivity index (χ4n) is 2.39. The molecule has 0 saturated carbocycles. The van der Waals surface area contributed by atoms with E-state index in [0.717, 1.165) is 0 Å². The van der Waals surface area contributed by atoms with Crippen LogP contribution in [0.5, 0.6) is 0 Å². The summed E-state index contributed by atoms with van der Waals surface area (Å²) in [4.78, 5) is 8.69. The van der Waals surface area contributed by atoms with Gasteiger partial charge >= 0.3 is 0 Å². The summed E-state index contributed by atoms with van der Waals surface area (Å²) in [6.45, 7) is 0.144. The predicted octanol–water partition coefficient (Wildman–Crippen LogP) is 4.35. The van der Waals surface area contributed by atoms with Gasteiger partial charge in [0.2, 0.25) is 0 Å². The number of aliphatic imine (C=N–C) groups is 1. The highest BCUT2D eigenvalue weighted by atomic mass is 19.1. The van der Waals surface area contributed by atoms with E-state index < -0.39 is 0 Å². The number of benzene rings is 2. The van der Waals surface area contributed by atoms with Gasteiger partial charge in [-0.3, -0.25) is 9.98 Å². The molecule has 0 aliphatic heterocycles. The molecule has 0 radical (unpaired) electrons. The molecule has 5 heteroatoms. The summed E-state index contributed by atoms with van der Waals surface area (Å²) in [5, 5.41) is 0. The monoisotopic (exact) mass is 349 g/mol. The summed E-state index contributed by atoms with van der Waals surface area (Å²) in [7, 11) is 0. The molecular formula is C21H17F2N3. The van der Waals surface area contributed by atoms with Gasteiger partial charge in [0, 0.05) is 11.8 Å². The topological polar surface area (TPSA) is 51.3 Å². The second-order valence-electron chi connectivity index (χ2n) is 5.61. The molecule has 0 fully saturated rings. The Kier molecular flexibility index (Phi) is 5.49. The van der Waals surface area contributed by atoms with Crippen molar-refractivity contribution in [3.05, 3.63) is 107 Å². The number of allylic oxidation sites excluding steroid dienone is 1. The number of hydrogen-bond acceptors (Lipinski definition) is 3. The van der Waals surface area contributed by atoms with Crippen molar-refractivity contribution in [2.75, 3.05) is 0 Å². The number of nitrogens with two attached hydrogens (primary N) is 1. The van der Waals surface area contributed by atoms with Crippen LogP contribution in [0.15, 0.2) is 84.0 Å². The Morgan fingerprint density at radius 3 is 2.38 bits per heavy atom. The van der Waals surface area contributed by atoms with Gasteiger partial charge in [-0.2, -0.15) is 0 Å². The van der Waals surface area contributed by atoms with E-state index in [9.17, 15) is 8.78 Å². The van der Waals surface area contributed by atoms with E-state index in [2.05, 4.69) is 9.98 Å². The van der Waals surface area contributed by atoms with E-state index >= 15 is 0 Å². The number of aromatic nitrogens is 1. The van der Waals surface area contributed by atoms with Gasteiger partial charge in [-0.1, -0.05) is 24.3 Å². The van der Waals surface area contributed by atoms with Crippen LogP contribution in [-0.4, -0.2) is 10.7 Å². The molecule has 2 aromatic carbocycles. The summed E-state index contributed by atoms with van der Waals surface area (Å²) in [6.07, 6.45) is 3.31. The third-order valence-corrected chi connectivity index (χ3v) is 3.77. The maximum Gasteiger partial charge on any atom is 0.128 e. The van der Waals surface area contributed by atoms with Gasteiger partial charge in [-0.05, 0) is 54.1 Å². The first-order valence-corrected chi connectivity index (χ1v) is 8.06. The molecule has 1 aromatic heterocycles. The zero-order valence-electron chi connectivity index (χ0n) is 13.9. The van der Waals surface area contributed by atoms with Crippen LogP contribution in [0.3, 0.4) is 0 Å². The average molecular weight is 349 g/mol. The van der Waals surface area contributed by atoms with Gasteiger partial charge in [0.1, 0.15) is 11.6 Å². The van der Waals surface area contributed by atoms with Crippen LogP contribution in [0.2, 0.25) is 0 Å². The Labute approximate surface area is 150 Å². The Morgan fingerprint density at radius 1 is 0.962 bits per heavy atom. The number of nitrogens with zero attached hydrogens (tertiary/aromatic N) is 2. The van der Waals surface area contributed by atoms with E-state index in [-0.39, 0.29) is 18.2 Å². The van der Waals surface area contributed by atoms with Crippen molar-refractivity contribution < 1.29 is 8.78 Å². The molecule has 0 unspecified atom stereocenters. The lowest BCUT2D eigenvalue weighted by Crippen LogP contribution is -2.06. The smallest absolute Gasteiger partial charge is 0.128 e. The number of pyridine rings is 1. The van der Waals surface area contributed by atoms with Crippen LogP contribution < -0.4 is 5.73 Å². The Balaban J connectivity index is 1.98. The minimum absolute atomic E-state index is 0.144. The van der Waals surface area contributed by atoms with Crippen molar-refractivity contribution in [2.45, 2.75) is 6.54 Å². The minimum Gasteiger partial charge on any atom is -0.397 e. The van der Waals surface area contributed by atoms with Gasteiger partial charge in [0.15, 0.2) is 0 Å². The van der Waals surface area contributed by atoms with E-state index in [1.54, 1.807) is 54.7 Å². The minimum atomic E-state index is -0.344. The molecule has 0 aliphatic carbocycles. The number of hydrogen-bond donors (Lipinski definition) is 1. The quantitative estimate of drug-likeness (QED) is 0.696. The molecule has 0 amide bonds. The fraction of sp³-hybridized carbons (Fsp3) is 0.0476. The van der Waals surface area contributed by atoms with Crippen molar-refractivity contribution in [1.82, 2.24) is 4.98 Å². The van der Waals surface area contributed by atoms with Crippen molar-refractivity contribution in [2.24, 2.45) is 10.7 Å². The van der Waals surface area contributed by atoms with Crippen LogP contribution in [0.1, 0.15) is 16.8 Å². The van der Waals surface area contributed by atoms with Crippen LogP contribution in [0.25, 0.3) is 5.70 Å². The molecule has 1 heterocycles. The molecule has 26 heavy (non-hydrogen) atoms. The van der Waals surface area contributed by atoms with Crippen molar-refractivity contribution in [1.29, 1.82) is 0 Å². The maximum absolute atomic E-state index is 13.9. The number of halogens is 2. The number of rotatable bonds is 5. The summed E-state index contributed by atoms with van der Waals surface area (Å²) < 4.78 is 27.1. The third kappa shape index (κ3) is 4.39. The van der Waals surface area contributed by atoms with Crippen molar-refractivity contribution in [3.63, 3.8) is 0 Å². The lowest BCUT2D eigenvalue weighted by molar-refractivity contribution is 0.611. The van der Waals surface area contributed by atoms with Gasteiger partial charge in [-0.25, -0.2) is 8.78 Å². The molecule has 0 saturated heterocycles. The Hall–Kier alpha value is -3.34. The molecule has 3 aromatic rings. The Morgan fingerprint density at radius 2 is 1.69 bits per heavy atom. The normalized spacial score (nSPS) is 12.2. The average Bonchev–Trinajstić information content (AvgIpc) is 2.67. The standard InChI is InChI=1S/C21H17F2N3/c22-17-10-8-15(9-11-17)21(13-19(24)20-7-3-4-12-25-20)26-14-16-5-1-2-6-18(16)23/h1-13H,14,24H2. The van der Waals surface area contributed by atoms with Gasteiger partial charge < -0.3 is 5.73 Å². The lowest BCUT2D eigenvalue weighted by Gasteiger charge is -2.06. The molecule has 3 rings (SSSR count). The van der Waals surface area contributed by atoms with E-state index in [0.29, 0.717) is 28.2 Å². The molecular weight excluding hydrogens is 332 g/mol. The van der Waals surface area contributed by atoms with Crippen LogP contribution in [0.4, 0.5) is 8.78 Å². The summed E-state index contributed by atoms with van der Waals surface area (Å²) in [5.74, 6) is -0.666. The summed E-state index contributed by atoms with van der Waals surface area (Å²) >= 11 is 0. The van der Waals surface area contributed by atoms with Crippen molar-refractivity contribution in [3.8, 4) is 0 Å². The first kappa shape index (κ1) is 17.5. The van der Waals surface area contributed by atoms with Crippen LogP contribution >= 0.6 is 0 Å². The van der Waals surface area contributed by atoms with E-state index in [1.807, 2.05) is 6.07 Å².